The van der Waals surface area contributed by atoms with E-state index < -0.39 is 0 Å². The Labute approximate surface area is 182 Å². The van der Waals surface area contributed by atoms with Crippen LogP contribution < -0.4 is 0 Å². The smallest absolute Gasteiger partial charge is 0.257 e. The maximum Gasteiger partial charge on any atom is 0.257 e. The fourth-order valence-corrected chi connectivity index (χ4v) is 4.45. The van der Waals surface area contributed by atoms with E-state index in [4.69, 9.17) is 11.6 Å². The Bertz CT molecular complexity index is 900. The third-order valence-electron chi connectivity index (χ3n) is 6.10. The normalized spacial score (nSPS) is 19.0. The van der Waals surface area contributed by atoms with Crippen molar-refractivity contribution in [2.45, 2.75) is 32.2 Å². The van der Waals surface area contributed by atoms with Gasteiger partial charge in [-0.1, -0.05) is 23.7 Å². The maximum absolute atomic E-state index is 12.9. The van der Waals surface area contributed by atoms with E-state index >= 15 is 0 Å². The second kappa shape index (κ2) is 9.18. The standard InChI is InChI=1S/C22H28ClN5O2/c1-17(21(29)26-9-5-2-6-10-26)25-11-13-27(14-12-25)22(30)18-15-24-28(16-18)20-8-4-3-7-19(20)23/h3-4,7-8,15-17H,2,5-6,9-14H2,1H3. The number of para-hydroxylation sites is 1. The van der Waals surface area contributed by atoms with Gasteiger partial charge in [-0.2, -0.15) is 5.10 Å². The lowest BCUT2D eigenvalue weighted by Crippen LogP contribution is -2.56. The van der Waals surface area contributed by atoms with Gasteiger partial charge in [0.1, 0.15) is 0 Å². The van der Waals surface area contributed by atoms with Crippen molar-refractivity contribution in [2.75, 3.05) is 39.3 Å². The van der Waals surface area contributed by atoms with Crippen LogP contribution >= 0.6 is 11.6 Å². The molecule has 2 saturated heterocycles. The molecule has 7 nitrogen and oxygen atoms in total. The van der Waals surface area contributed by atoms with Crippen LogP contribution in [0, 0.1) is 0 Å². The zero-order valence-corrected chi connectivity index (χ0v) is 18.1. The van der Waals surface area contributed by atoms with Gasteiger partial charge in [-0.05, 0) is 38.3 Å². The Kier molecular flexibility index (Phi) is 6.39. The number of carbonyl (C=O) groups excluding carboxylic acids is 2. The van der Waals surface area contributed by atoms with Crippen molar-refractivity contribution < 1.29 is 9.59 Å². The molecule has 1 unspecified atom stereocenters. The molecule has 0 saturated carbocycles. The highest BCUT2D eigenvalue weighted by Crippen LogP contribution is 2.20. The molecule has 3 heterocycles. The first-order valence-electron chi connectivity index (χ1n) is 10.7. The molecule has 0 bridgehead atoms. The van der Waals surface area contributed by atoms with Crippen LogP contribution in [-0.2, 0) is 4.79 Å². The van der Waals surface area contributed by atoms with Crippen LogP contribution in [0.4, 0.5) is 0 Å². The summed E-state index contributed by atoms with van der Waals surface area (Å²) in [5, 5.41) is 4.89. The van der Waals surface area contributed by atoms with Gasteiger partial charge in [-0.25, -0.2) is 4.68 Å². The highest BCUT2D eigenvalue weighted by molar-refractivity contribution is 6.32. The number of aromatic nitrogens is 2. The maximum atomic E-state index is 12.9. The van der Waals surface area contributed by atoms with E-state index in [1.165, 1.54) is 6.42 Å². The van der Waals surface area contributed by atoms with E-state index in [-0.39, 0.29) is 17.9 Å². The molecule has 0 radical (unpaired) electrons. The molecule has 1 atom stereocenters. The Morgan fingerprint density at radius 1 is 0.967 bits per heavy atom. The molecule has 0 spiro atoms. The zero-order valence-electron chi connectivity index (χ0n) is 17.3. The first kappa shape index (κ1) is 20.9. The van der Waals surface area contributed by atoms with Crippen LogP contribution in [0.5, 0.6) is 0 Å². The number of nitrogens with zero attached hydrogens (tertiary/aromatic N) is 5. The lowest BCUT2D eigenvalue weighted by molar-refractivity contribution is -0.137. The Hall–Kier alpha value is -2.38. The Balaban J connectivity index is 1.34. The van der Waals surface area contributed by atoms with Crippen molar-refractivity contribution in [3.05, 3.63) is 47.2 Å². The zero-order chi connectivity index (χ0) is 21.1. The van der Waals surface area contributed by atoms with Gasteiger partial charge in [0.05, 0.1) is 28.5 Å². The van der Waals surface area contributed by atoms with Crippen molar-refractivity contribution in [2.24, 2.45) is 0 Å². The van der Waals surface area contributed by atoms with Crippen molar-refractivity contribution >= 4 is 23.4 Å². The number of hydrogen-bond acceptors (Lipinski definition) is 4. The van der Waals surface area contributed by atoms with Gasteiger partial charge < -0.3 is 9.80 Å². The van der Waals surface area contributed by atoms with Gasteiger partial charge >= 0.3 is 0 Å². The summed E-state index contributed by atoms with van der Waals surface area (Å²) in [7, 11) is 0. The average molecular weight is 430 g/mol. The van der Waals surface area contributed by atoms with Gasteiger partial charge in [0, 0.05) is 45.5 Å². The van der Waals surface area contributed by atoms with Crippen LogP contribution in [0.2, 0.25) is 5.02 Å². The third kappa shape index (κ3) is 4.37. The summed E-state index contributed by atoms with van der Waals surface area (Å²) >= 11 is 6.23. The predicted octanol–water partition coefficient (Wildman–Crippen LogP) is 2.68. The molecule has 160 valence electrons. The van der Waals surface area contributed by atoms with Gasteiger partial charge in [0.15, 0.2) is 0 Å². The lowest BCUT2D eigenvalue weighted by atomic mass is 10.1. The first-order chi connectivity index (χ1) is 14.5. The quantitative estimate of drug-likeness (QED) is 0.749. The SMILES string of the molecule is CC(C(=O)N1CCCCC1)N1CCN(C(=O)c2cnn(-c3ccccc3Cl)c2)CC1. The number of benzene rings is 1. The summed E-state index contributed by atoms with van der Waals surface area (Å²) in [6.45, 7) is 6.34. The predicted molar refractivity (Wildman–Crippen MR) is 116 cm³/mol. The molecule has 0 N–H and O–H groups in total. The molecule has 0 aliphatic carbocycles. The van der Waals surface area contributed by atoms with Gasteiger partial charge in [-0.15, -0.1) is 0 Å². The van der Waals surface area contributed by atoms with E-state index in [0.29, 0.717) is 36.8 Å². The fourth-order valence-electron chi connectivity index (χ4n) is 4.23. The van der Waals surface area contributed by atoms with Gasteiger partial charge in [0.25, 0.3) is 5.91 Å². The number of rotatable bonds is 4. The number of piperidine rings is 1. The molecule has 30 heavy (non-hydrogen) atoms. The summed E-state index contributed by atoms with van der Waals surface area (Å²) in [4.78, 5) is 31.7. The van der Waals surface area contributed by atoms with E-state index in [2.05, 4.69) is 10.00 Å². The number of piperazine rings is 1. The molecule has 2 fully saturated rings. The Morgan fingerprint density at radius 2 is 1.67 bits per heavy atom. The van der Waals surface area contributed by atoms with Crippen molar-refractivity contribution in [3.8, 4) is 5.69 Å². The largest absolute Gasteiger partial charge is 0.341 e. The number of carbonyl (C=O) groups is 2. The molecular formula is C22H28ClN5O2. The molecule has 1 aromatic heterocycles. The van der Waals surface area contributed by atoms with E-state index in [0.717, 1.165) is 31.6 Å². The van der Waals surface area contributed by atoms with Gasteiger partial charge in [0.2, 0.25) is 5.91 Å². The van der Waals surface area contributed by atoms with Crippen molar-refractivity contribution in [3.63, 3.8) is 0 Å². The topological polar surface area (TPSA) is 61.7 Å². The first-order valence-corrected chi connectivity index (χ1v) is 11.0. The minimum absolute atomic E-state index is 0.0389. The molecule has 2 aliphatic rings. The van der Waals surface area contributed by atoms with E-state index in [1.807, 2.05) is 34.9 Å². The van der Waals surface area contributed by atoms with Crippen molar-refractivity contribution in [1.82, 2.24) is 24.5 Å². The second-order valence-corrected chi connectivity index (χ2v) is 8.42. The number of likely N-dealkylation sites (tertiary alicyclic amines) is 1. The molecule has 1 aromatic carbocycles. The van der Waals surface area contributed by atoms with E-state index in [1.54, 1.807) is 23.1 Å². The summed E-state index contributed by atoms with van der Waals surface area (Å²) in [5.41, 5.74) is 1.29. The van der Waals surface area contributed by atoms with Crippen molar-refractivity contribution in [1.29, 1.82) is 0 Å². The van der Waals surface area contributed by atoms with Crippen LogP contribution in [0.25, 0.3) is 5.69 Å². The molecule has 2 aliphatic heterocycles. The summed E-state index contributed by atoms with van der Waals surface area (Å²) in [5.74, 6) is 0.179. The monoisotopic (exact) mass is 429 g/mol. The minimum atomic E-state index is -0.136. The second-order valence-electron chi connectivity index (χ2n) is 8.02. The summed E-state index contributed by atoms with van der Waals surface area (Å²) in [6, 6.07) is 7.27. The lowest BCUT2D eigenvalue weighted by Gasteiger charge is -2.39. The van der Waals surface area contributed by atoms with Crippen LogP contribution in [0.3, 0.4) is 0 Å². The minimum Gasteiger partial charge on any atom is -0.341 e. The fraction of sp³-hybridized carbons (Fsp3) is 0.500. The third-order valence-corrected chi connectivity index (χ3v) is 6.42. The highest BCUT2D eigenvalue weighted by Gasteiger charge is 2.31. The highest BCUT2D eigenvalue weighted by atomic mass is 35.5. The van der Waals surface area contributed by atoms with E-state index in [9.17, 15) is 9.59 Å². The molecule has 2 aromatic rings. The van der Waals surface area contributed by atoms with Crippen LogP contribution in [-0.4, -0.2) is 81.6 Å². The molecule has 8 heteroatoms. The van der Waals surface area contributed by atoms with Crippen LogP contribution in [0.15, 0.2) is 36.7 Å². The molecule has 2 amide bonds. The summed E-state index contributed by atoms with van der Waals surface area (Å²) < 4.78 is 1.63. The molecule has 4 rings (SSSR count). The molecular weight excluding hydrogens is 402 g/mol. The Morgan fingerprint density at radius 3 is 2.37 bits per heavy atom. The van der Waals surface area contributed by atoms with Crippen LogP contribution in [0.1, 0.15) is 36.5 Å². The average Bonchev–Trinajstić information content (AvgIpc) is 3.28. The van der Waals surface area contributed by atoms with Gasteiger partial charge in [-0.3, -0.25) is 14.5 Å². The number of halogens is 1. The number of amides is 2. The number of hydrogen-bond donors (Lipinski definition) is 0. The summed E-state index contributed by atoms with van der Waals surface area (Å²) in [6.07, 6.45) is 6.72.